The van der Waals surface area contributed by atoms with Crippen LogP contribution < -0.4 is 24.8 Å². The molecule has 0 N–H and O–H groups in total. The largest absolute Gasteiger partial charge is 1.00 e. The molecule has 8 unspecified atom stereocenters. The van der Waals surface area contributed by atoms with Crippen LogP contribution in [0.1, 0.15) is 113 Å². The van der Waals surface area contributed by atoms with E-state index in [2.05, 4.69) is 63.9 Å². The Balaban J connectivity index is 0.00000138. The minimum absolute atomic E-state index is 0. The van der Waals surface area contributed by atoms with E-state index >= 15 is 0 Å². The van der Waals surface area contributed by atoms with Crippen molar-refractivity contribution in [3.63, 3.8) is 0 Å². The molecule has 2 aromatic carbocycles. The van der Waals surface area contributed by atoms with E-state index in [1.54, 1.807) is 33.4 Å². The number of fused-ring (bicyclic) bond motifs is 6. The molecule has 0 heterocycles. The van der Waals surface area contributed by atoms with Gasteiger partial charge < -0.3 is 24.8 Å². The second-order valence-corrected chi connectivity index (χ2v) is 21.6. The molecule has 0 radical (unpaired) electrons. The van der Waals surface area contributed by atoms with E-state index in [-0.39, 0.29) is 24.8 Å². The average molecular weight is 663 g/mol. The fraction of sp³-hybridized carbons (Fsp3) is 0.553. The van der Waals surface area contributed by atoms with Gasteiger partial charge in [0.05, 0.1) is 0 Å². The van der Waals surface area contributed by atoms with E-state index in [1.807, 2.05) is 0 Å². The van der Waals surface area contributed by atoms with Crippen LogP contribution >= 0.6 is 0 Å². The van der Waals surface area contributed by atoms with Crippen molar-refractivity contribution >= 4 is 14.4 Å². The first-order chi connectivity index (χ1) is 19.3. The first-order valence-electron chi connectivity index (χ1n) is 16.7. The second-order valence-electron chi connectivity index (χ2n) is 14.6. The molecular formula is C38H44Cl2Zr. The molecule has 0 amide bonds. The van der Waals surface area contributed by atoms with E-state index in [0.717, 1.165) is 42.8 Å². The third-order valence-electron chi connectivity index (χ3n) is 12.7. The molecule has 4 bridgehead atoms. The van der Waals surface area contributed by atoms with Crippen molar-refractivity contribution in [3.8, 4) is 0 Å². The number of hydrogen-bond donors (Lipinski definition) is 0. The van der Waals surface area contributed by atoms with Crippen LogP contribution in [0.25, 0.3) is 11.1 Å². The van der Waals surface area contributed by atoms with E-state index in [0.29, 0.717) is 0 Å². The smallest absolute Gasteiger partial charge is 1.00 e. The van der Waals surface area contributed by atoms with Crippen LogP contribution in [0.15, 0.2) is 60.7 Å². The Morgan fingerprint density at radius 1 is 0.537 bits per heavy atom. The Bertz CT molecular complexity index is 1310. The Kier molecular flexibility index (Phi) is 8.23. The van der Waals surface area contributed by atoms with Gasteiger partial charge in [0.1, 0.15) is 0 Å². The Morgan fingerprint density at radius 2 is 1.02 bits per heavy atom. The zero-order valence-corrected chi connectivity index (χ0v) is 28.3. The first kappa shape index (κ1) is 29.0. The summed E-state index contributed by atoms with van der Waals surface area (Å²) in [6.07, 6.45) is 25.1. The van der Waals surface area contributed by atoms with Crippen molar-refractivity contribution < 1.29 is 46.1 Å². The summed E-state index contributed by atoms with van der Waals surface area (Å²) in [5, 5.41) is 0. The van der Waals surface area contributed by atoms with Crippen molar-refractivity contribution in [2.24, 2.45) is 35.5 Å². The molecule has 5 saturated carbocycles. The third-order valence-corrected chi connectivity index (χ3v) is 21.6. The molecule has 214 valence electrons. The quantitative estimate of drug-likeness (QED) is 0.467. The molecule has 5 fully saturated rings. The van der Waals surface area contributed by atoms with Crippen LogP contribution in [0.5, 0.6) is 0 Å². The predicted octanol–water partition coefficient (Wildman–Crippen LogP) is 3.90. The summed E-state index contributed by atoms with van der Waals surface area (Å²) in [4.78, 5) is 0. The maximum atomic E-state index is 2.94. The summed E-state index contributed by atoms with van der Waals surface area (Å²) in [6, 6.07) is 19.6. The molecule has 8 atom stereocenters. The van der Waals surface area contributed by atoms with Crippen molar-refractivity contribution in [1.82, 2.24) is 0 Å². The van der Waals surface area contributed by atoms with Crippen LogP contribution in [0.4, 0.5) is 0 Å². The molecule has 3 heteroatoms. The van der Waals surface area contributed by atoms with Gasteiger partial charge in [-0.1, -0.05) is 0 Å². The van der Waals surface area contributed by atoms with Gasteiger partial charge in [-0.3, -0.25) is 0 Å². The summed E-state index contributed by atoms with van der Waals surface area (Å²) in [5.74, 6) is 5.69. The van der Waals surface area contributed by atoms with Crippen LogP contribution in [-0.4, -0.2) is 3.21 Å². The van der Waals surface area contributed by atoms with Gasteiger partial charge in [0.15, 0.2) is 0 Å². The zero-order chi connectivity index (χ0) is 25.5. The SMILES string of the molecule is C1=C(C2CC3CCC2C3)c2ccccc2[CH]1[Zr+2](=[C]1CCCCC1)[CH]1C=C(C2CC3CCC2C3)c2ccccc21.[Cl-].[Cl-]. The standard InChI is InChI=1S/2C16H17.C6H10.2ClH.Zr/c2*1-2-4-14-12(3-1)7-8-15(14)16-10-11-5-6-13(16)9-11;1-2-4-6-5-3-1;;;/h2*1-4,7-8,11,13,16H,5-6,9-10H2;1-5H2;2*1H;/q;;;;;+2/p-2. The van der Waals surface area contributed by atoms with Crippen LogP contribution in [-0.2, 0) is 21.3 Å². The molecule has 0 aliphatic heterocycles. The van der Waals surface area contributed by atoms with Crippen LogP contribution in [0, 0.1) is 35.5 Å². The predicted molar refractivity (Wildman–Crippen MR) is 160 cm³/mol. The maximum absolute atomic E-state index is 2.94. The summed E-state index contributed by atoms with van der Waals surface area (Å²) in [7, 11) is 0. The summed E-state index contributed by atoms with van der Waals surface area (Å²) in [5.41, 5.74) is 10.5. The molecule has 0 saturated heterocycles. The fourth-order valence-electron chi connectivity index (χ4n) is 11.1. The Hall–Kier alpha value is -0.747. The normalized spacial score (nSPS) is 35.6. The summed E-state index contributed by atoms with van der Waals surface area (Å²) >= 11 is -2.14. The van der Waals surface area contributed by atoms with E-state index in [4.69, 9.17) is 0 Å². The first-order valence-corrected chi connectivity index (χ1v) is 20.7. The molecule has 0 aromatic heterocycles. The van der Waals surface area contributed by atoms with Crippen molar-refractivity contribution in [2.45, 2.75) is 90.7 Å². The third kappa shape index (κ3) is 4.74. The van der Waals surface area contributed by atoms with Gasteiger partial charge in [-0.05, 0) is 0 Å². The Morgan fingerprint density at radius 3 is 1.46 bits per heavy atom. The van der Waals surface area contributed by atoms with Crippen molar-refractivity contribution in [3.05, 3.63) is 82.9 Å². The minimum Gasteiger partial charge on any atom is -1.00 e. The monoisotopic (exact) mass is 660 g/mol. The van der Waals surface area contributed by atoms with Crippen LogP contribution in [0.3, 0.4) is 0 Å². The van der Waals surface area contributed by atoms with Gasteiger partial charge in [-0.15, -0.1) is 0 Å². The van der Waals surface area contributed by atoms with Gasteiger partial charge >= 0.3 is 245 Å². The van der Waals surface area contributed by atoms with Gasteiger partial charge in [0.2, 0.25) is 0 Å². The van der Waals surface area contributed by atoms with Gasteiger partial charge in [-0.2, -0.15) is 0 Å². The molecule has 0 nitrogen and oxygen atoms in total. The molecular weight excluding hydrogens is 619 g/mol. The average Bonchev–Trinajstić information content (AvgIpc) is 3.84. The van der Waals surface area contributed by atoms with Crippen LogP contribution in [0.2, 0.25) is 0 Å². The van der Waals surface area contributed by atoms with Crippen molar-refractivity contribution in [1.29, 1.82) is 0 Å². The molecule has 0 spiro atoms. The van der Waals surface area contributed by atoms with E-state index in [9.17, 15) is 0 Å². The van der Waals surface area contributed by atoms with Gasteiger partial charge in [-0.25, -0.2) is 0 Å². The molecule has 7 aliphatic rings. The molecule has 7 aliphatic carbocycles. The zero-order valence-electron chi connectivity index (χ0n) is 24.3. The van der Waals surface area contributed by atoms with E-state index < -0.39 is 21.3 Å². The number of benzene rings is 2. The van der Waals surface area contributed by atoms with E-state index in [1.165, 1.54) is 83.5 Å². The molecule has 41 heavy (non-hydrogen) atoms. The fourth-order valence-corrected chi connectivity index (χ4v) is 21.1. The number of allylic oxidation sites excluding steroid dienone is 4. The second kappa shape index (κ2) is 11.6. The molecule has 2 aromatic rings. The minimum atomic E-state index is -2.14. The number of hydrogen-bond acceptors (Lipinski definition) is 0. The molecule has 9 rings (SSSR count). The topological polar surface area (TPSA) is 0 Å². The summed E-state index contributed by atoms with van der Waals surface area (Å²) < 4.78 is 3.60. The maximum Gasteiger partial charge on any atom is -1.00 e. The number of halogens is 2. The number of rotatable bonds is 4. The summed E-state index contributed by atoms with van der Waals surface area (Å²) in [6.45, 7) is 0. The van der Waals surface area contributed by atoms with Crippen molar-refractivity contribution in [2.75, 3.05) is 0 Å². The Labute approximate surface area is 267 Å². The van der Waals surface area contributed by atoms with Gasteiger partial charge in [0.25, 0.3) is 0 Å². The van der Waals surface area contributed by atoms with Gasteiger partial charge in [0, 0.05) is 0 Å².